The summed E-state index contributed by atoms with van der Waals surface area (Å²) < 4.78 is 25.2. The lowest BCUT2D eigenvalue weighted by atomic mass is 10.3. The van der Waals surface area contributed by atoms with Crippen molar-refractivity contribution in [2.75, 3.05) is 5.73 Å². The van der Waals surface area contributed by atoms with Gasteiger partial charge in [-0.25, -0.2) is 0 Å². The third kappa shape index (κ3) is 2.03. The van der Waals surface area contributed by atoms with Crippen LogP contribution in [0.15, 0.2) is 41.4 Å². The van der Waals surface area contributed by atoms with Crippen molar-refractivity contribution in [1.82, 2.24) is 9.19 Å². The number of aryl methyl sites for hydroxylation is 1. The summed E-state index contributed by atoms with van der Waals surface area (Å²) in [5, 5.41) is 3.84. The van der Waals surface area contributed by atoms with Crippen molar-refractivity contribution < 1.29 is 8.42 Å². The van der Waals surface area contributed by atoms with Crippen LogP contribution in [-0.2, 0) is 16.4 Å². The van der Waals surface area contributed by atoms with Crippen LogP contribution in [0.1, 0.15) is 12.5 Å². The van der Waals surface area contributed by atoms with Gasteiger partial charge in [-0.15, -0.1) is 5.10 Å². The molecule has 0 spiro atoms. The smallest absolute Gasteiger partial charge is 0.283 e. The van der Waals surface area contributed by atoms with Gasteiger partial charge in [0.1, 0.15) is 5.82 Å². The van der Waals surface area contributed by atoms with Gasteiger partial charge < -0.3 is 5.73 Å². The molecule has 0 bridgehead atoms. The van der Waals surface area contributed by atoms with Gasteiger partial charge >= 0.3 is 0 Å². The summed E-state index contributed by atoms with van der Waals surface area (Å²) in [6.45, 7) is 1.90. The van der Waals surface area contributed by atoms with Gasteiger partial charge in [0.2, 0.25) is 0 Å². The SMILES string of the molecule is CCc1cn(S(=O)(=O)c2ccccc2)nc1N. The Morgan fingerprint density at radius 2 is 1.94 bits per heavy atom. The predicted molar refractivity (Wildman–Crippen MR) is 65.0 cm³/mol. The van der Waals surface area contributed by atoms with Crippen LogP contribution in [0.2, 0.25) is 0 Å². The van der Waals surface area contributed by atoms with E-state index in [1.165, 1.54) is 18.3 Å². The number of rotatable bonds is 3. The Kier molecular flexibility index (Phi) is 2.89. The predicted octanol–water partition coefficient (Wildman–Crippen LogP) is 1.26. The molecule has 2 rings (SSSR count). The zero-order chi connectivity index (χ0) is 12.5. The van der Waals surface area contributed by atoms with Crippen LogP contribution >= 0.6 is 0 Å². The molecular formula is C11H13N3O2S. The van der Waals surface area contributed by atoms with Crippen molar-refractivity contribution >= 4 is 15.8 Å². The van der Waals surface area contributed by atoms with Crippen LogP contribution in [0.4, 0.5) is 5.82 Å². The van der Waals surface area contributed by atoms with Crippen LogP contribution in [0.25, 0.3) is 0 Å². The highest BCUT2D eigenvalue weighted by Gasteiger charge is 2.18. The van der Waals surface area contributed by atoms with Crippen LogP contribution in [0.5, 0.6) is 0 Å². The third-order valence-electron chi connectivity index (χ3n) is 2.47. The Balaban J connectivity index is 2.53. The number of aromatic nitrogens is 2. The number of hydrogen-bond acceptors (Lipinski definition) is 4. The van der Waals surface area contributed by atoms with Crippen molar-refractivity contribution in [3.8, 4) is 0 Å². The molecule has 2 N–H and O–H groups in total. The maximum atomic E-state index is 12.2. The van der Waals surface area contributed by atoms with Crippen LogP contribution in [-0.4, -0.2) is 17.6 Å². The Morgan fingerprint density at radius 1 is 1.29 bits per heavy atom. The van der Waals surface area contributed by atoms with E-state index in [0.717, 1.165) is 9.65 Å². The van der Waals surface area contributed by atoms with E-state index in [9.17, 15) is 8.42 Å². The van der Waals surface area contributed by atoms with E-state index in [0.29, 0.717) is 6.42 Å². The molecule has 0 aliphatic carbocycles. The Labute approximate surface area is 99.9 Å². The first-order chi connectivity index (χ1) is 8.05. The average molecular weight is 251 g/mol. The number of anilines is 1. The van der Waals surface area contributed by atoms with E-state index < -0.39 is 10.0 Å². The Bertz CT molecular complexity index is 617. The molecule has 0 unspecified atom stereocenters. The number of nitrogens with two attached hydrogens (primary N) is 1. The molecule has 0 saturated carbocycles. The molecule has 1 aromatic carbocycles. The lowest BCUT2D eigenvalue weighted by molar-refractivity contribution is 0.580. The summed E-state index contributed by atoms with van der Waals surface area (Å²) in [7, 11) is -3.63. The van der Waals surface area contributed by atoms with Crippen molar-refractivity contribution in [3.05, 3.63) is 42.1 Å². The molecular weight excluding hydrogens is 238 g/mol. The van der Waals surface area contributed by atoms with Gasteiger partial charge in [0.15, 0.2) is 0 Å². The molecule has 6 heteroatoms. The summed E-state index contributed by atoms with van der Waals surface area (Å²) in [6, 6.07) is 8.15. The highest BCUT2D eigenvalue weighted by Crippen LogP contribution is 2.16. The lowest BCUT2D eigenvalue weighted by Crippen LogP contribution is -2.13. The minimum absolute atomic E-state index is 0.199. The van der Waals surface area contributed by atoms with E-state index in [4.69, 9.17) is 5.73 Å². The van der Waals surface area contributed by atoms with Crippen molar-refractivity contribution in [2.24, 2.45) is 0 Å². The summed E-state index contributed by atoms with van der Waals surface area (Å²) >= 11 is 0. The molecule has 2 aromatic rings. The molecule has 5 nitrogen and oxygen atoms in total. The standard InChI is InChI=1S/C11H13N3O2S/c1-2-9-8-14(13-11(9)12)17(15,16)10-6-4-3-5-7-10/h3-8H,2H2,1H3,(H2,12,13). The number of nitrogen functional groups attached to an aromatic ring is 1. The first kappa shape index (κ1) is 11.7. The number of hydrogen-bond donors (Lipinski definition) is 1. The topological polar surface area (TPSA) is 78.0 Å². The summed E-state index contributed by atoms with van der Waals surface area (Å²) in [5.41, 5.74) is 6.36. The fourth-order valence-corrected chi connectivity index (χ4v) is 2.67. The summed E-state index contributed by atoms with van der Waals surface area (Å²) in [6.07, 6.45) is 2.10. The summed E-state index contributed by atoms with van der Waals surface area (Å²) in [4.78, 5) is 0.199. The minimum Gasteiger partial charge on any atom is -0.382 e. The van der Waals surface area contributed by atoms with Crippen LogP contribution in [0.3, 0.4) is 0 Å². The second kappa shape index (κ2) is 4.21. The third-order valence-corrected chi connectivity index (χ3v) is 4.02. The van der Waals surface area contributed by atoms with Gasteiger partial charge in [0.25, 0.3) is 10.0 Å². The highest BCUT2D eigenvalue weighted by molar-refractivity contribution is 7.89. The molecule has 90 valence electrons. The number of benzene rings is 1. The average Bonchev–Trinajstić information content (AvgIpc) is 2.72. The maximum absolute atomic E-state index is 12.2. The maximum Gasteiger partial charge on any atom is 0.283 e. The Hall–Kier alpha value is -1.82. The largest absolute Gasteiger partial charge is 0.382 e. The van der Waals surface area contributed by atoms with Crippen molar-refractivity contribution in [2.45, 2.75) is 18.2 Å². The summed E-state index contributed by atoms with van der Waals surface area (Å²) in [5.74, 6) is 0.256. The second-order valence-corrected chi connectivity index (χ2v) is 5.38. The first-order valence-electron chi connectivity index (χ1n) is 5.20. The normalized spacial score (nSPS) is 11.6. The first-order valence-corrected chi connectivity index (χ1v) is 6.64. The van der Waals surface area contributed by atoms with Gasteiger partial charge in [-0.05, 0) is 18.6 Å². The molecule has 0 aliphatic rings. The van der Waals surface area contributed by atoms with E-state index in [2.05, 4.69) is 5.10 Å². The molecule has 0 aliphatic heterocycles. The van der Waals surface area contributed by atoms with Gasteiger partial charge in [-0.1, -0.05) is 25.1 Å². The molecule has 0 saturated heterocycles. The molecule has 0 atom stereocenters. The fraction of sp³-hybridized carbons (Fsp3) is 0.182. The molecule has 1 aromatic heterocycles. The monoisotopic (exact) mass is 251 g/mol. The van der Waals surface area contributed by atoms with Gasteiger partial charge in [-0.2, -0.15) is 12.5 Å². The second-order valence-electron chi connectivity index (χ2n) is 3.58. The minimum atomic E-state index is -3.63. The Morgan fingerprint density at radius 3 is 2.47 bits per heavy atom. The van der Waals surface area contributed by atoms with Crippen molar-refractivity contribution in [3.63, 3.8) is 0 Å². The van der Waals surface area contributed by atoms with Gasteiger partial charge in [0, 0.05) is 11.8 Å². The highest BCUT2D eigenvalue weighted by atomic mass is 32.2. The molecule has 0 fully saturated rings. The van der Waals surface area contributed by atoms with Crippen LogP contribution < -0.4 is 5.73 Å². The fourth-order valence-electron chi connectivity index (χ4n) is 1.49. The quantitative estimate of drug-likeness (QED) is 0.891. The van der Waals surface area contributed by atoms with Crippen molar-refractivity contribution in [1.29, 1.82) is 0 Å². The molecule has 17 heavy (non-hydrogen) atoms. The van der Waals surface area contributed by atoms with E-state index in [-0.39, 0.29) is 10.7 Å². The molecule has 0 radical (unpaired) electrons. The molecule has 0 amide bonds. The van der Waals surface area contributed by atoms with Crippen LogP contribution in [0, 0.1) is 0 Å². The van der Waals surface area contributed by atoms with Gasteiger partial charge in [0.05, 0.1) is 4.90 Å². The lowest BCUT2D eigenvalue weighted by Gasteiger charge is -2.02. The zero-order valence-corrected chi connectivity index (χ0v) is 10.2. The molecule has 1 heterocycles. The van der Waals surface area contributed by atoms with Gasteiger partial charge in [-0.3, -0.25) is 0 Å². The van der Waals surface area contributed by atoms with E-state index >= 15 is 0 Å². The zero-order valence-electron chi connectivity index (χ0n) is 9.37. The number of nitrogens with zero attached hydrogens (tertiary/aromatic N) is 2. The van der Waals surface area contributed by atoms with E-state index in [1.54, 1.807) is 18.2 Å². The van der Waals surface area contributed by atoms with E-state index in [1.807, 2.05) is 6.92 Å².